The number of halogens is 1. The first-order valence-corrected chi connectivity index (χ1v) is 8.49. The molecule has 1 heterocycles. The topological polar surface area (TPSA) is 59.8 Å². The van der Waals surface area contributed by atoms with Gasteiger partial charge in [-0.2, -0.15) is 9.90 Å². The monoisotopic (exact) mass is 352 g/mol. The van der Waals surface area contributed by atoms with Crippen molar-refractivity contribution < 1.29 is 9.18 Å². The lowest BCUT2D eigenvalue weighted by Crippen LogP contribution is -2.27. The molecular weight excluding hydrogens is 331 g/mol. The summed E-state index contributed by atoms with van der Waals surface area (Å²) in [6.45, 7) is 6.08. The second-order valence-electron chi connectivity index (χ2n) is 6.31. The smallest absolute Gasteiger partial charge is 0.273 e. The van der Waals surface area contributed by atoms with Crippen molar-refractivity contribution in [2.24, 2.45) is 0 Å². The number of hydrogen-bond donors (Lipinski definition) is 1. The lowest BCUT2D eigenvalue weighted by Gasteiger charge is -2.05. The third kappa shape index (κ3) is 3.79. The molecule has 6 heteroatoms. The zero-order valence-electron chi connectivity index (χ0n) is 15.1. The zero-order chi connectivity index (χ0) is 18.7. The highest BCUT2D eigenvalue weighted by Gasteiger charge is 2.17. The van der Waals surface area contributed by atoms with Crippen LogP contribution in [0.1, 0.15) is 32.9 Å². The van der Waals surface area contributed by atoms with Crippen molar-refractivity contribution in [1.29, 1.82) is 0 Å². The van der Waals surface area contributed by atoms with Gasteiger partial charge in [-0.05, 0) is 50.5 Å². The molecule has 26 heavy (non-hydrogen) atoms. The van der Waals surface area contributed by atoms with E-state index in [4.69, 9.17) is 0 Å². The number of hydrogen-bond acceptors (Lipinski definition) is 3. The molecule has 1 amide bonds. The van der Waals surface area contributed by atoms with E-state index in [1.165, 1.54) is 10.9 Å². The summed E-state index contributed by atoms with van der Waals surface area (Å²) < 4.78 is 13.6. The molecular formula is C20H21FN4O. The van der Waals surface area contributed by atoms with Crippen LogP contribution >= 0.6 is 0 Å². The largest absolute Gasteiger partial charge is 0.350 e. The Bertz CT molecular complexity index is 949. The molecule has 0 aliphatic heterocycles. The highest BCUT2D eigenvalue weighted by atomic mass is 19.1. The fourth-order valence-corrected chi connectivity index (χ4v) is 2.82. The van der Waals surface area contributed by atoms with Crippen LogP contribution in [0.15, 0.2) is 42.5 Å². The van der Waals surface area contributed by atoms with Crippen LogP contribution in [0.2, 0.25) is 0 Å². The molecule has 0 saturated heterocycles. The van der Waals surface area contributed by atoms with Gasteiger partial charge >= 0.3 is 0 Å². The van der Waals surface area contributed by atoms with Crippen LogP contribution < -0.4 is 5.32 Å². The van der Waals surface area contributed by atoms with E-state index in [1.807, 2.05) is 32.0 Å². The second-order valence-corrected chi connectivity index (χ2v) is 6.31. The number of amides is 1. The first-order chi connectivity index (χ1) is 12.5. The van der Waals surface area contributed by atoms with Crippen molar-refractivity contribution in [3.05, 3.63) is 76.4 Å². The number of carbonyl (C=O) groups excluding carboxylic acids is 1. The molecule has 0 bridgehead atoms. The van der Waals surface area contributed by atoms with Crippen LogP contribution in [0.5, 0.6) is 0 Å². The quantitative estimate of drug-likeness (QED) is 0.766. The minimum Gasteiger partial charge on any atom is -0.350 e. The van der Waals surface area contributed by atoms with E-state index in [0.717, 1.165) is 16.8 Å². The number of benzene rings is 2. The van der Waals surface area contributed by atoms with E-state index in [-0.39, 0.29) is 17.4 Å². The van der Waals surface area contributed by atoms with Gasteiger partial charge in [0.1, 0.15) is 5.82 Å². The molecule has 0 aliphatic carbocycles. The fourth-order valence-electron chi connectivity index (χ4n) is 2.82. The molecule has 0 radical (unpaired) electrons. The van der Waals surface area contributed by atoms with Crippen molar-refractivity contribution in [3.8, 4) is 5.69 Å². The third-order valence-corrected chi connectivity index (χ3v) is 4.20. The van der Waals surface area contributed by atoms with Crippen LogP contribution in [-0.2, 0) is 6.42 Å². The maximum atomic E-state index is 13.6. The van der Waals surface area contributed by atoms with Gasteiger partial charge < -0.3 is 5.32 Å². The van der Waals surface area contributed by atoms with E-state index in [1.54, 1.807) is 25.1 Å². The van der Waals surface area contributed by atoms with Crippen LogP contribution in [0, 0.1) is 26.6 Å². The predicted molar refractivity (Wildman–Crippen MR) is 98.0 cm³/mol. The average Bonchev–Trinajstić information content (AvgIpc) is 2.98. The van der Waals surface area contributed by atoms with E-state index >= 15 is 0 Å². The molecule has 3 aromatic rings. The van der Waals surface area contributed by atoms with Gasteiger partial charge in [-0.15, -0.1) is 5.10 Å². The average molecular weight is 352 g/mol. The van der Waals surface area contributed by atoms with Gasteiger partial charge in [0.25, 0.3) is 5.91 Å². The molecule has 1 aromatic heterocycles. The summed E-state index contributed by atoms with van der Waals surface area (Å²) in [7, 11) is 0. The minimum absolute atomic E-state index is 0.265. The van der Waals surface area contributed by atoms with Gasteiger partial charge in [0.2, 0.25) is 0 Å². The maximum Gasteiger partial charge on any atom is 0.273 e. The lowest BCUT2D eigenvalue weighted by molar-refractivity contribution is 0.0948. The lowest BCUT2D eigenvalue weighted by atomic mass is 10.1. The normalized spacial score (nSPS) is 10.8. The number of nitrogens with one attached hydrogen (secondary N) is 1. The Morgan fingerprint density at radius 2 is 1.88 bits per heavy atom. The van der Waals surface area contributed by atoms with E-state index < -0.39 is 0 Å². The molecule has 0 spiro atoms. The number of aryl methyl sites for hydroxylation is 3. The van der Waals surface area contributed by atoms with Crippen LogP contribution in [0.25, 0.3) is 5.69 Å². The Morgan fingerprint density at radius 3 is 2.62 bits per heavy atom. The maximum absolute atomic E-state index is 13.6. The summed E-state index contributed by atoms with van der Waals surface area (Å²) in [4.78, 5) is 13.9. The summed E-state index contributed by atoms with van der Waals surface area (Å²) in [6.07, 6.45) is 0.419. The Morgan fingerprint density at radius 1 is 1.12 bits per heavy atom. The fraction of sp³-hybridized carbons (Fsp3) is 0.250. The van der Waals surface area contributed by atoms with Crippen molar-refractivity contribution in [2.45, 2.75) is 27.2 Å². The van der Waals surface area contributed by atoms with Crippen molar-refractivity contribution in [3.63, 3.8) is 0 Å². The van der Waals surface area contributed by atoms with Gasteiger partial charge in [-0.25, -0.2) is 4.39 Å². The zero-order valence-corrected chi connectivity index (χ0v) is 15.1. The van der Waals surface area contributed by atoms with Crippen LogP contribution in [0.3, 0.4) is 0 Å². The number of rotatable bonds is 5. The number of aromatic nitrogens is 3. The molecule has 0 aliphatic rings. The van der Waals surface area contributed by atoms with Gasteiger partial charge in [0.15, 0.2) is 5.69 Å². The summed E-state index contributed by atoms with van der Waals surface area (Å²) in [5.41, 5.74) is 4.42. The molecule has 0 unspecified atom stereocenters. The second kappa shape index (κ2) is 7.47. The molecule has 1 N–H and O–H groups in total. The minimum atomic E-state index is -0.310. The molecule has 0 saturated carbocycles. The van der Waals surface area contributed by atoms with Crippen molar-refractivity contribution in [1.82, 2.24) is 20.3 Å². The Balaban J connectivity index is 1.70. The van der Waals surface area contributed by atoms with Crippen molar-refractivity contribution in [2.75, 3.05) is 6.54 Å². The third-order valence-electron chi connectivity index (χ3n) is 4.20. The summed E-state index contributed by atoms with van der Waals surface area (Å²) in [6, 6.07) is 12.5. The SMILES string of the molecule is Cc1ccc(-n2nc(C)c(C(=O)NCCc3ccccc3F)n2)c(C)c1. The molecule has 0 fully saturated rings. The Labute approximate surface area is 151 Å². The van der Waals surface area contributed by atoms with E-state index in [9.17, 15) is 9.18 Å². The van der Waals surface area contributed by atoms with Crippen molar-refractivity contribution >= 4 is 5.91 Å². The van der Waals surface area contributed by atoms with Crippen LogP contribution in [-0.4, -0.2) is 27.4 Å². The van der Waals surface area contributed by atoms with Gasteiger partial charge in [0, 0.05) is 6.54 Å². The summed E-state index contributed by atoms with van der Waals surface area (Å²) in [5.74, 6) is -0.575. The standard InChI is InChI=1S/C20H21FN4O/c1-13-8-9-18(14(2)12-13)25-23-15(3)19(24-25)20(26)22-11-10-16-6-4-5-7-17(16)21/h4-9,12H,10-11H2,1-3H3,(H,22,26). The van der Waals surface area contributed by atoms with E-state index in [0.29, 0.717) is 24.2 Å². The van der Waals surface area contributed by atoms with Gasteiger partial charge in [-0.1, -0.05) is 35.9 Å². The summed E-state index contributed by atoms with van der Waals surface area (Å²) >= 11 is 0. The molecule has 5 nitrogen and oxygen atoms in total. The molecule has 0 atom stereocenters. The number of nitrogens with zero attached hydrogens (tertiary/aromatic N) is 3. The van der Waals surface area contributed by atoms with E-state index in [2.05, 4.69) is 15.5 Å². The molecule has 3 rings (SSSR count). The molecule has 2 aromatic carbocycles. The van der Waals surface area contributed by atoms with Gasteiger partial charge in [0.05, 0.1) is 11.4 Å². The highest BCUT2D eigenvalue weighted by molar-refractivity contribution is 5.93. The Kier molecular flexibility index (Phi) is 5.11. The highest BCUT2D eigenvalue weighted by Crippen LogP contribution is 2.15. The Hall–Kier alpha value is -3.02. The first-order valence-electron chi connectivity index (χ1n) is 8.49. The van der Waals surface area contributed by atoms with Gasteiger partial charge in [-0.3, -0.25) is 4.79 Å². The predicted octanol–water partition coefficient (Wildman–Crippen LogP) is 3.30. The van der Waals surface area contributed by atoms with Crippen LogP contribution in [0.4, 0.5) is 4.39 Å². The summed E-state index contributed by atoms with van der Waals surface area (Å²) in [5, 5.41) is 11.5. The number of carbonyl (C=O) groups is 1. The molecule has 134 valence electrons. The first kappa shape index (κ1) is 17.8.